The van der Waals surface area contributed by atoms with E-state index in [4.69, 9.17) is 4.74 Å². The van der Waals surface area contributed by atoms with Crippen LogP contribution in [0.25, 0.3) is 0 Å². The minimum atomic E-state index is -4.26. The van der Waals surface area contributed by atoms with Crippen molar-refractivity contribution in [2.45, 2.75) is 49.3 Å². The molecule has 0 heterocycles. The maximum atomic E-state index is 13.3. The molecular weight excluding hydrogens is 400 g/mol. The van der Waals surface area contributed by atoms with Crippen LogP contribution in [0.3, 0.4) is 0 Å². The normalized spacial score (nSPS) is 22.1. The van der Waals surface area contributed by atoms with E-state index in [9.17, 15) is 28.4 Å². The fraction of sp³-hybridized carbons (Fsp3) is 0.421. The van der Waals surface area contributed by atoms with E-state index in [1.54, 1.807) is 12.2 Å². The van der Waals surface area contributed by atoms with E-state index in [2.05, 4.69) is 6.58 Å². The third-order valence-corrected chi connectivity index (χ3v) is 6.43. The summed E-state index contributed by atoms with van der Waals surface area (Å²) in [6, 6.07) is 4.36. The monoisotopic (exact) mass is 424 g/mol. The molecule has 158 valence electrons. The molecule has 29 heavy (non-hydrogen) atoms. The number of nitrogens with zero attached hydrogens (tertiary/aromatic N) is 2. The van der Waals surface area contributed by atoms with Gasteiger partial charge in [-0.1, -0.05) is 24.3 Å². The third-order valence-electron chi connectivity index (χ3n) is 4.46. The molecule has 0 fully saturated rings. The molecule has 0 spiro atoms. The fourth-order valence-electron chi connectivity index (χ4n) is 3.20. The molecule has 2 rings (SSSR count). The summed E-state index contributed by atoms with van der Waals surface area (Å²) < 4.78 is 32.9. The first-order chi connectivity index (χ1) is 13.7. The van der Waals surface area contributed by atoms with Crippen molar-refractivity contribution in [1.29, 1.82) is 0 Å². The summed E-state index contributed by atoms with van der Waals surface area (Å²) in [7, 11) is -4.26. The minimum Gasteiger partial charge on any atom is -0.458 e. The number of aliphatic hydroxyl groups excluding tert-OH is 1. The van der Waals surface area contributed by atoms with Gasteiger partial charge in [0.1, 0.15) is 6.10 Å². The summed E-state index contributed by atoms with van der Waals surface area (Å²) in [6.07, 6.45) is 3.54. The maximum Gasteiger partial charge on any atom is 0.303 e. The lowest BCUT2D eigenvalue weighted by Crippen LogP contribution is -2.41. The number of carbonyl (C=O) groups is 1. The highest BCUT2D eigenvalue weighted by Crippen LogP contribution is 2.30. The number of carbonyl (C=O) groups excluding carboxylic acids is 1. The van der Waals surface area contributed by atoms with Crippen LogP contribution in [0.4, 0.5) is 5.69 Å². The average Bonchev–Trinajstić information content (AvgIpc) is 2.82. The van der Waals surface area contributed by atoms with E-state index in [-0.39, 0.29) is 19.4 Å². The van der Waals surface area contributed by atoms with Crippen LogP contribution in [-0.4, -0.2) is 53.5 Å². The van der Waals surface area contributed by atoms with Crippen LogP contribution in [0.1, 0.15) is 26.2 Å². The van der Waals surface area contributed by atoms with Gasteiger partial charge in [-0.05, 0) is 25.0 Å². The van der Waals surface area contributed by atoms with Crippen molar-refractivity contribution in [3.63, 3.8) is 0 Å². The molecule has 0 saturated heterocycles. The van der Waals surface area contributed by atoms with Gasteiger partial charge >= 0.3 is 5.97 Å². The standard InChI is InChI=1S/C19H24N2O7S/c1-3-4-11-20(15-9-10-17(28-14(2)22)13-16(23)12-15)29(26,27)19-8-6-5-7-18(19)21(24)25/h3,5-10,15-17,23H,1,4,11-13H2,2H3/t15-,16+,17-/m1/s1. The molecule has 0 aliphatic heterocycles. The first-order valence-corrected chi connectivity index (χ1v) is 10.5. The number of nitro groups is 1. The Morgan fingerprint density at radius 1 is 1.38 bits per heavy atom. The lowest BCUT2D eigenvalue weighted by Gasteiger charge is -2.29. The van der Waals surface area contributed by atoms with Crippen molar-refractivity contribution in [1.82, 2.24) is 4.31 Å². The van der Waals surface area contributed by atoms with Crippen LogP contribution >= 0.6 is 0 Å². The zero-order valence-electron chi connectivity index (χ0n) is 16.0. The summed E-state index contributed by atoms with van der Waals surface area (Å²) in [6.45, 7) is 4.88. The molecule has 0 radical (unpaired) electrons. The zero-order chi connectivity index (χ0) is 21.6. The predicted octanol–water partition coefficient (Wildman–Crippen LogP) is 2.17. The van der Waals surface area contributed by atoms with Gasteiger partial charge in [-0.15, -0.1) is 6.58 Å². The average molecular weight is 424 g/mol. The summed E-state index contributed by atoms with van der Waals surface area (Å²) in [4.78, 5) is 21.4. The fourth-order valence-corrected chi connectivity index (χ4v) is 4.97. The lowest BCUT2D eigenvalue weighted by molar-refractivity contribution is -0.387. The number of para-hydroxylation sites is 1. The van der Waals surface area contributed by atoms with E-state index in [0.717, 1.165) is 10.4 Å². The summed E-state index contributed by atoms with van der Waals surface area (Å²) in [5, 5.41) is 21.7. The van der Waals surface area contributed by atoms with E-state index in [1.165, 1.54) is 31.2 Å². The Kier molecular flexibility index (Phi) is 7.66. The Morgan fingerprint density at radius 2 is 2.07 bits per heavy atom. The number of rotatable bonds is 8. The van der Waals surface area contributed by atoms with Crippen molar-refractivity contribution >= 4 is 21.7 Å². The Morgan fingerprint density at radius 3 is 2.69 bits per heavy atom. The van der Waals surface area contributed by atoms with Crippen molar-refractivity contribution in [2.75, 3.05) is 6.54 Å². The van der Waals surface area contributed by atoms with Crippen LogP contribution in [0.15, 0.2) is 54.0 Å². The number of esters is 1. The molecule has 1 aliphatic carbocycles. The number of nitro benzene ring substituents is 1. The van der Waals surface area contributed by atoms with Gasteiger partial charge in [-0.2, -0.15) is 4.31 Å². The number of ether oxygens (including phenoxy) is 1. The summed E-state index contributed by atoms with van der Waals surface area (Å²) >= 11 is 0. The van der Waals surface area contributed by atoms with Crippen molar-refractivity contribution in [3.8, 4) is 0 Å². The Labute approximate surface area is 169 Å². The second-order valence-electron chi connectivity index (χ2n) is 6.64. The first kappa shape index (κ1) is 22.7. The summed E-state index contributed by atoms with van der Waals surface area (Å²) in [5.74, 6) is -0.513. The van der Waals surface area contributed by atoms with E-state index >= 15 is 0 Å². The molecule has 0 bridgehead atoms. The second-order valence-corrected chi connectivity index (χ2v) is 8.50. The van der Waals surface area contributed by atoms with Crippen molar-refractivity contribution < 1.29 is 28.0 Å². The topological polar surface area (TPSA) is 127 Å². The van der Waals surface area contributed by atoms with Gasteiger partial charge in [-0.25, -0.2) is 8.42 Å². The van der Waals surface area contributed by atoms with Crippen LogP contribution < -0.4 is 0 Å². The Balaban J connectivity index is 2.46. The van der Waals surface area contributed by atoms with Crippen molar-refractivity contribution in [2.24, 2.45) is 0 Å². The Bertz CT molecular complexity index is 898. The molecule has 0 aromatic heterocycles. The highest BCUT2D eigenvalue weighted by Gasteiger charge is 2.36. The molecule has 1 aromatic rings. The smallest absolute Gasteiger partial charge is 0.303 e. The van der Waals surface area contributed by atoms with Gasteiger partial charge in [0.2, 0.25) is 10.0 Å². The number of benzene rings is 1. The largest absolute Gasteiger partial charge is 0.458 e. The molecule has 1 N–H and O–H groups in total. The van der Waals surface area contributed by atoms with Gasteiger partial charge in [0.05, 0.1) is 11.0 Å². The van der Waals surface area contributed by atoms with Crippen molar-refractivity contribution in [3.05, 3.63) is 59.2 Å². The Hall–Kier alpha value is -2.56. The van der Waals surface area contributed by atoms with Crippen LogP contribution in [-0.2, 0) is 19.6 Å². The van der Waals surface area contributed by atoms with Crippen LogP contribution in [0.2, 0.25) is 0 Å². The molecule has 0 saturated carbocycles. The molecule has 1 aromatic carbocycles. The minimum absolute atomic E-state index is 0.0256. The predicted molar refractivity (Wildman–Crippen MR) is 106 cm³/mol. The zero-order valence-corrected chi connectivity index (χ0v) is 16.8. The van der Waals surface area contributed by atoms with Gasteiger partial charge in [0.15, 0.2) is 4.90 Å². The lowest BCUT2D eigenvalue weighted by atomic mass is 10.1. The molecule has 9 nitrogen and oxygen atoms in total. The van der Waals surface area contributed by atoms with Gasteiger partial charge in [0.25, 0.3) is 5.69 Å². The third kappa shape index (κ3) is 5.72. The van der Waals surface area contributed by atoms with E-state index in [0.29, 0.717) is 6.42 Å². The van der Waals surface area contributed by atoms with E-state index in [1.807, 2.05) is 0 Å². The van der Waals surface area contributed by atoms with Crippen LogP contribution in [0, 0.1) is 10.1 Å². The molecule has 0 unspecified atom stereocenters. The number of hydrogen-bond acceptors (Lipinski definition) is 7. The molecule has 1 aliphatic rings. The van der Waals surface area contributed by atoms with Gasteiger partial charge < -0.3 is 9.84 Å². The number of hydrogen-bond donors (Lipinski definition) is 1. The summed E-state index contributed by atoms with van der Waals surface area (Å²) in [5.41, 5.74) is -0.521. The van der Waals surface area contributed by atoms with E-state index < -0.39 is 49.7 Å². The first-order valence-electron chi connectivity index (χ1n) is 9.06. The second kappa shape index (κ2) is 9.77. The number of aliphatic hydroxyl groups is 1. The van der Waals surface area contributed by atoms with Gasteiger partial charge in [-0.3, -0.25) is 14.9 Å². The molecule has 10 heteroatoms. The molecule has 3 atom stereocenters. The molecule has 0 amide bonds. The number of sulfonamides is 1. The maximum absolute atomic E-state index is 13.3. The molecular formula is C19H24N2O7S. The highest BCUT2D eigenvalue weighted by molar-refractivity contribution is 7.89. The highest BCUT2D eigenvalue weighted by atomic mass is 32.2. The SMILES string of the molecule is C=CCCN([C@@H]1C=C[C@@H](OC(C)=O)C[C@@H](O)C1)S(=O)(=O)c1ccccc1[N+](=O)[O-]. The quantitative estimate of drug-likeness (QED) is 0.293. The van der Waals surface area contributed by atoms with Gasteiger partial charge in [0, 0.05) is 32.0 Å². The van der Waals surface area contributed by atoms with Crippen LogP contribution in [0.5, 0.6) is 0 Å².